The van der Waals surface area contributed by atoms with Crippen molar-refractivity contribution in [2.75, 3.05) is 14.2 Å². The molecule has 0 bridgehead atoms. The highest BCUT2D eigenvalue weighted by molar-refractivity contribution is 5.60. The van der Waals surface area contributed by atoms with Gasteiger partial charge in [0.1, 0.15) is 11.9 Å². The van der Waals surface area contributed by atoms with Crippen LogP contribution in [0.1, 0.15) is 51.0 Å². The smallest absolute Gasteiger partial charge is 0.168 e. The molecule has 1 aromatic rings. The van der Waals surface area contributed by atoms with E-state index in [4.69, 9.17) is 18.9 Å². The second-order valence-corrected chi connectivity index (χ2v) is 5.53. The molecule has 1 aromatic carbocycles. The quantitative estimate of drug-likeness (QED) is 0.925. The van der Waals surface area contributed by atoms with Gasteiger partial charge in [-0.25, -0.2) is 0 Å². The highest BCUT2D eigenvalue weighted by Gasteiger charge is 2.37. The molecule has 0 radical (unpaired) electrons. The standard InChI is InChI=1S/C16H24O5/c1-8(2)20-16-12(19-6)7-11(18-5)13-9(3)21-10(4)15(17)14(13)16/h7-10,15,17H,1-6H3/t9-,10+,15+/m0/s1. The molecule has 5 nitrogen and oxygen atoms in total. The number of hydrogen-bond donors (Lipinski definition) is 1. The van der Waals surface area contributed by atoms with Crippen LogP contribution in [0.3, 0.4) is 0 Å². The monoisotopic (exact) mass is 296 g/mol. The first kappa shape index (κ1) is 15.9. The number of fused-ring (bicyclic) bond motifs is 1. The van der Waals surface area contributed by atoms with E-state index in [-0.39, 0.29) is 18.3 Å². The Hall–Kier alpha value is -1.46. The summed E-state index contributed by atoms with van der Waals surface area (Å²) in [6, 6.07) is 1.78. The number of aliphatic hydroxyl groups is 1. The van der Waals surface area contributed by atoms with E-state index in [1.165, 1.54) is 0 Å². The first-order valence-electron chi connectivity index (χ1n) is 7.19. The topological polar surface area (TPSA) is 57.2 Å². The minimum atomic E-state index is -0.783. The molecule has 1 heterocycles. The molecule has 5 heteroatoms. The van der Waals surface area contributed by atoms with Gasteiger partial charge in [-0.1, -0.05) is 0 Å². The van der Waals surface area contributed by atoms with Crippen molar-refractivity contribution in [3.63, 3.8) is 0 Å². The molecule has 0 spiro atoms. The van der Waals surface area contributed by atoms with Crippen molar-refractivity contribution in [2.45, 2.75) is 52.1 Å². The molecule has 0 saturated heterocycles. The fraction of sp³-hybridized carbons (Fsp3) is 0.625. The van der Waals surface area contributed by atoms with E-state index in [2.05, 4.69) is 0 Å². The molecule has 1 aliphatic heterocycles. The summed E-state index contributed by atoms with van der Waals surface area (Å²) < 4.78 is 22.5. The minimum Gasteiger partial charge on any atom is -0.496 e. The van der Waals surface area contributed by atoms with Gasteiger partial charge in [-0.15, -0.1) is 0 Å². The molecule has 118 valence electrons. The highest BCUT2D eigenvalue weighted by atomic mass is 16.5. The van der Waals surface area contributed by atoms with Gasteiger partial charge in [0.25, 0.3) is 0 Å². The lowest BCUT2D eigenvalue weighted by Gasteiger charge is -2.35. The van der Waals surface area contributed by atoms with Crippen LogP contribution in [0.25, 0.3) is 0 Å². The van der Waals surface area contributed by atoms with Crippen molar-refractivity contribution in [3.8, 4) is 17.2 Å². The average molecular weight is 296 g/mol. The first-order chi connectivity index (χ1) is 9.90. The third kappa shape index (κ3) is 2.80. The fourth-order valence-electron chi connectivity index (χ4n) is 2.74. The minimum absolute atomic E-state index is 0.0305. The number of aliphatic hydroxyl groups excluding tert-OH is 1. The van der Waals surface area contributed by atoms with E-state index < -0.39 is 6.10 Å². The van der Waals surface area contributed by atoms with Crippen LogP contribution in [0.2, 0.25) is 0 Å². The molecule has 0 saturated carbocycles. The van der Waals surface area contributed by atoms with Crippen LogP contribution in [0, 0.1) is 0 Å². The number of benzene rings is 1. The van der Waals surface area contributed by atoms with Crippen LogP contribution in [0.15, 0.2) is 6.07 Å². The van der Waals surface area contributed by atoms with Crippen LogP contribution >= 0.6 is 0 Å². The molecule has 0 unspecified atom stereocenters. The molecule has 1 aliphatic rings. The zero-order valence-electron chi connectivity index (χ0n) is 13.5. The summed E-state index contributed by atoms with van der Waals surface area (Å²) in [5.41, 5.74) is 1.52. The maximum atomic E-state index is 10.6. The van der Waals surface area contributed by atoms with E-state index in [1.807, 2.05) is 27.7 Å². The zero-order valence-corrected chi connectivity index (χ0v) is 13.5. The molecule has 0 fully saturated rings. The fourth-order valence-corrected chi connectivity index (χ4v) is 2.74. The van der Waals surface area contributed by atoms with Gasteiger partial charge in [0, 0.05) is 17.2 Å². The molecule has 0 amide bonds. The second kappa shape index (κ2) is 6.12. The van der Waals surface area contributed by atoms with Crippen LogP contribution in [-0.2, 0) is 4.74 Å². The van der Waals surface area contributed by atoms with E-state index >= 15 is 0 Å². The molecule has 3 atom stereocenters. The number of ether oxygens (including phenoxy) is 4. The van der Waals surface area contributed by atoms with Gasteiger partial charge in [0.15, 0.2) is 11.5 Å². The Morgan fingerprint density at radius 3 is 2.24 bits per heavy atom. The molecule has 0 aromatic heterocycles. The normalized spacial score (nSPS) is 24.7. The Kier molecular flexibility index (Phi) is 4.64. The summed E-state index contributed by atoms with van der Waals surface area (Å²) >= 11 is 0. The molecular formula is C16H24O5. The van der Waals surface area contributed by atoms with Crippen LogP contribution in [0.4, 0.5) is 0 Å². The van der Waals surface area contributed by atoms with Crippen LogP contribution in [0.5, 0.6) is 17.2 Å². The Balaban J connectivity index is 2.72. The van der Waals surface area contributed by atoms with Crippen LogP contribution in [-0.4, -0.2) is 31.5 Å². The molecular weight excluding hydrogens is 272 g/mol. The molecule has 0 aliphatic carbocycles. The average Bonchev–Trinajstić information content (AvgIpc) is 2.43. The van der Waals surface area contributed by atoms with Crippen molar-refractivity contribution < 1.29 is 24.1 Å². The van der Waals surface area contributed by atoms with Gasteiger partial charge >= 0.3 is 0 Å². The van der Waals surface area contributed by atoms with E-state index in [1.54, 1.807) is 20.3 Å². The Morgan fingerprint density at radius 1 is 1.10 bits per heavy atom. The number of rotatable bonds is 4. The summed E-state index contributed by atoms with van der Waals surface area (Å²) in [4.78, 5) is 0. The van der Waals surface area contributed by atoms with Gasteiger partial charge in [-0.3, -0.25) is 0 Å². The summed E-state index contributed by atoms with van der Waals surface area (Å²) in [6.45, 7) is 7.66. The first-order valence-corrected chi connectivity index (χ1v) is 7.19. The van der Waals surface area contributed by atoms with Crippen molar-refractivity contribution in [1.29, 1.82) is 0 Å². The lowest BCUT2D eigenvalue weighted by molar-refractivity contribution is -0.0830. The number of methoxy groups -OCH3 is 2. The van der Waals surface area contributed by atoms with Crippen molar-refractivity contribution in [3.05, 3.63) is 17.2 Å². The van der Waals surface area contributed by atoms with E-state index in [0.29, 0.717) is 22.8 Å². The maximum absolute atomic E-state index is 10.6. The lowest BCUT2D eigenvalue weighted by Crippen LogP contribution is -2.29. The van der Waals surface area contributed by atoms with Gasteiger partial charge in [0.05, 0.1) is 32.5 Å². The third-order valence-electron chi connectivity index (χ3n) is 3.65. The van der Waals surface area contributed by atoms with Crippen LogP contribution < -0.4 is 14.2 Å². The highest BCUT2D eigenvalue weighted by Crippen LogP contribution is 2.50. The van der Waals surface area contributed by atoms with Gasteiger partial charge in [-0.2, -0.15) is 0 Å². The zero-order chi connectivity index (χ0) is 15.7. The summed E-state index contributed by atoms with van der Waals surface area (Å²) in [5, 5.41) is 10.6. The molecule has 1 N–H and O–H groups in total. The third-order valence-corrected chi connectivity index (χ3v) is 3.65. The van der Waals surface area contributed by atoms with E-state index in [0.717, 1.165) is 5.56 Å². The Morgan fingerprint density at radius 2 is 1.71 bits per heavy atom. The van der Waals surface area contributed by atoms with Gasteiger partial charge in [0.2, 0.25) is 0 Å². The largest absolute Gasteiger partial charge is 0.496 e. The Bertz CT molecular complexity index is 512. The lowest BCUT2D eigenvalue weighted by atomic mass is 9.90. The van der Waals surface area contributed by atoms with Gasteiger partial charge in [-0.05, 0) is 27.7 Å². The van der Waals surface area contributed by atoms with Crippen molar-refractivity contribution >= 4 is 0 Å². The van der Waals surface area contributed by atoms with Crippen molar-refractivity contribution in [1.82, 2.24) is 0 Å². The summed E-state index contributed by atoms with van der Waals surface area (Å²) in [7, 11) is 3.17. The maximum Gasteiger partial charge on any atom is 0.168 e. The predicted octanol–water partition coefficient (Wildman–Crippen LogP) is 3.00. The second-order valence-electron chi connectivity index (χ2n) is 5.53. The summed E-state index contributed by atoms with van der Waals surface area (Å²) in [6.07, 6.45) is -1.32. The summed E-state index contributed by atoms with van der Waals surface area (Å²) in [5.74, 6) is 1.76. The SMILES string of the molecule is COc1cc(OC)c2c(c1OC(C)C)[C@H](O)[C@@H](C)O[C@H]2C. The van der Waals surface area contributed by atoms with Crippen molar-refractivity contribution in [2.24, 2.45) is 0 Å². The number of hydrogen-bond acceptors (Lipinski definition) is 5. The van der Waals surface area contributed by atoms with Gasteiger partial charge < -0.3 is 24.1 Å². The predicted molar refractivity (Wildman–Crippen MR) is 79.2 cm³/mol. The van der Waals surface area contributed by atoms with E-state index in [9.17, 15) is 5.11 Å². The molecule has 2 rings (SSSR count). The molecule has 21 heavy (non-hydrogen) atoms. The Labute approximate surface area is 125 Å².